The number of hydrogen-bond donors (Lipinski definition) is 1. The van der Waals surface area contributed by atoms with Gasteiger partial charge >= 0.3 is 0 Å². The maximum Gasteiger partial charge on any atom is 0.229 e. The highest BCUT2D eigenvalue weighted by Gasteiger charge is 2.35. The minimum absolute atomic E-state index is 0.0402. The molecule has 2 aliphatic heterocycles. The van der Waals surface area contributed by atoms with Gasteiger partial charge in [-0.1, -0.05) is 24.3 Å². The van der Waals surface area contributed by atoms with Gasteiger partial charge in [0.1, 0.15) is 0 Å². The lowest BCUT2D eigenvalue weighted by molar-refractivity contribution is -0.122. The third kappa shape index (κ3) is 3.86. The number of fused-ring (bicyclic) bond motifs is 1. The van der Waals surface area contributed by atoms with Crippen molar-refractivity contribution in [2.45, 2.75) is 45.1 Å². The number of likely N-dealkylation sites (tertiary alicyclic amines) is 1. The van der Waals surface area contributed by atoms with Gasteiger partial charge in [0.05, 0.1) is 5.92 Å². The van der Waals surface area contributed by atoms with Crippen molar-refractivity contribution in [2.24, 2.45) is 5.92 Å². The Bertz CT molecular complexity index is 965. The number of benzene rings is 2. The summed E-state index contributed by atoms with van der Waals surface area (Å²) in [5.41, 5.74) is 5.70. The van der Waals surface area contributed by atoms with Crippen LogP contribution in [0.25, 0.3) is 0 Å². The molecular formula is C25H29N3O2. The van der Waals surface area contributed by atoms with Crippen LogP contribution in [0.3, 0.4) is 0 Å². The Labute approximate surface area is 178 Å². The van der Waals surface area contributed by atoms with Gasteiger partial charge < -0.3 is 10.2 Å². The van der Waals surface area contributed by atoms with Crippen LogP contribution in [0.15, 0.2) is 42.5 Å². The Morgan fingerprint density at radius 3 is 2.67 bits per heavy atom. The lowest BCUT2D eigenvalue weighted by atomic mass is 10.1. The van der Waals surface area contributed by atoms with Crippen molar-refractivity contribution in [2.75, 3.05) is 29.9 Å². The molecular weight excluding hydrogens is 374 g/mol. The number of amides is 2. The molecule has 156 valence electrons. The summed E-state index contributed by atoms with van der Waals surface area (Å²) in [6.45, 7) is 3.56. The molecule has 1 aliphatic carbocycles. The van der Waals surface area contributed by atoms with Gasteiger partial charge in [-0.2, -0.15) is 0 Å². The van der Waals surface area contributed by atoms with Gasteiger partial charge in [-0.15, -0.1) is 0 Å². The van der Waals surface area contributed by atoms with Crippen molar-refractivity contribution in [3.63, 3.8) is 0 Å². The van der Waals surface area contributed by atoms with E-state index in [1.54, 1.807) is 4.90 Å². The Kier molecular flexibility index (Phi) is 5.30. The number of nitrogens with zero attached hydrogens (tertiary/aromatic N) is 2. The molecule has 1 unspecified atom stereocenters. The first kappa shape index (κ1) is 19.3. The maximum atomic E-state index is 13.0. The number of aryl methyl sites for hydroxylation is 2. The predicted octanol–water partition coefficient (Wildman–Crippen LogP) is 3.76. The average molecular weight is 404 g/mol. The van der Waals surface area contributed by atoms with Crippen LogP contribution in [0.4, 0.5) is 11.4 Å². The Hall–Kier alpha value is -2.66. The summed E-state index contributed by atoms with van der Waals surface area (Å²) < 4.78 is 0. The molecule has 30 heavy (non-hydrogen) atoms. The van der Waals surface area contributed by atoms with Gasteiger partial charge in [0, 0.05) is 30.9 Å². The number of carbonyl (C=O) groups excluding carboxylic acids is 2. The van der Waals surface area contributed by atoms with E-state index in [0.29, 0.717) is 6.54 Å². The van der Waals surface area contributed by atoms with Crippen LogP contribution < -0.4 is 10.2 Å². The topological polar surface area (TPSA) is 52.7 Å². The number of hydrogen-bond acceptors (Lipinski definition) is 3. The Morgan fingerprint density at radius 1 is 1.00 bits per heavy atom. The fourth-order valence-electron chi connectivity index (χ4n) is 5.06. The molecule has 2 aromatic carbocycles. The summed E-state index contributed by atoms with van der Waals surface area (Å²) in [7, 11) is 0. The number of para-hydroxylation sites is 1. The predicted molar refractivity (Wildman–Crippen MR) is 119 cm³/mol. The summed E-state index contributed by atoms with van der Waals surface area (Å²) in [6.07, 6.45) is 6.18. The molecule has 5 rings (SSSR count). The minimum Gasteiger partial charge on any atom is -0.325 e. The third-order valence-electron chi connectivity index (χ3n) is 6.76. The molecule has 0 bridgehead atoms. The van der Waals surface area contributed by atoms with E-state index in [-0.39, 0.29) is 24.2 Å². The van der Waals surface area contributed by atoms with Crippen LogP contribution in [-0.4, -0.2) is 36.3 Å². The van der Waals surface area contributed by atoms with Crippen LogP contribution in [-0.2, 0) is 29.0 Å². The van der Waals surface area contributed by atoms with Crippen molar-refractivity contribution in [3.05, 3.63) is 59.2 Å². The maximum absolute atomic E-state index is 13.0. The van der Waals surface area contributed by atoms with Gasteiger partial charge in [0.15, 0.2) is 0 Å². The molecule has 5 nitrogen and oxygen atoms in total. The normalized spacial score (nSPS) is 21.3. The van der Waals surface area contributed by atoms with E-state index in [2.05, 4.69) is 28.4 Å². The quantitative estimate of drug-likeness (QED) is 0.827. The Balaban J connectivity index is 1.27. The molecule has 5 heteroatoms. The van der Waals surface area contributed by atoms with Gasteiger partial charge in [-0.25, -0.2) is 0 Å². The number of carbonyl (C=O) groups is 2. The molecule has 0 aromatic heterocycles. The molecule has 2 saturated heterocycles. The van der Waals surface area contributed by atoms with Gasteiger partial charge in [0.2, 0.25) is 11.8 Å². The second-order valence-corrected chi connectivity index (χ2v) is 8.84. The monoisotopic (exact) mass is 403 g/mol. The largest absolute Gasteiger partial charge is 0.325 e. The summed E-state index contributed by atoms with van der Waals surface area (Å²) in [5, 5.41) is 3.12. The second-order valence-electron chi connectivity index (χ2n) is 8.84. The SMILES string of the molecule is O=C(Nc1ccccc1CN1CCCC1)C1CC(=O)N(c2ccc3c(c2)CCC3)C1. The number of rotatable bonds is 5. The van der Waals surface area contributed by atoms with E-state index >= 15 is 0 Å². The van der Waals surface area contributed by atoms with Crippen LogP contribution in [0.1, 0.15) is 42.4 Å². The minimum atomic E-state index is -0.314. The molecule has 2 fully saturated rings. The molecule has 2 amide bonds. The smallest absolute Gasteiger partial charge is 0.229 e. The first-order valence-electron chi connectivity index (χ1n) is 11.2. The first-order valence-corrected chi connectivity index (χ1v) is 11.2. The van der Waals surface area contributed by atoms with Crippen LogP contribution in [0, 0.1) is 5.92 Å². The molecule has 0 radical (unpaired) electrons. The van der Waals surface area contributed by atoms with Crippen LogP contribution in [0.2, 0.25) is 0 Å². The molecule has 2 aromatic rings. The summed E-state index contributed by atoms with van der Waals surface area (Å²) in [4.78, 5) is 29.9. The fourth-order valence-corrected chi connectivity index (χ4v) is 5.06. The van der Waals surface area contributed by atoms with E-state index in [4.69, 9.17) is 0 Å². The average Bonchev–Trinajstić information content (AvgIpc) is 3.49. The highest BCUT2D eigenvalue weighted by atomic mass is 16.2. The van der Waals surface area contributed by atoms with Crippen molar-refractivity contribution in [3.8, 4) is 0 Å². The van der Waals surface area contributed by atoms with E-state index in [9.17, 15) is 9.59 Å². The van der Waals surface area contributed by atoms with Gasteiger partial charge in [0.25, 0.3) is 0 Å². The zero-order chi connectivity index (χ0) is 20.5. The van der Waals surface area contributed by atoms with E-state index < -0.39 is 0 Å². The van der Waals surface area contributed by atoms with E-state index in [1.165, 1.54) is 30.4 Å². The van der Waals surface area contributed by atoms with Gasteiger partial charge in [-0.05, 0) is 80.1 Å². The lowest BCUT2D eigenvalue weighted by Crippen LogP contribution is -2.28. The van der Waals surface area contributed by atoms with Crippen molar-refractivity contribution >= 4 is 23.2 Å². The van der Waals surface area contributed by atoms with Crippen molar-refractivity contribution in [1.82, 2.24) is 4.90 Å². The lowest BCUT2D eigenvalue weighted by Gasteiger charge is -2.19. The molecule has 0 spiro atoms. The molecule has 2 heterocycles. The molecule has 3 aliphatic rings. The fraction of sp³-hybridized carbons (Fsp3) is 0.440. The van der Waals surface area contributed by atoms with Crippen molar-refractivity contribution in [1.29, 1.82) is 0 Å². The molecule has 1 atom stereocenters. The molecule has 0 saturated carbocycles. The number of anilines is 2. The second kappa shape index (κ2) is 8.23. The van der Waals surface area contributed by atoms with Crippen LogP contribution >= 0.6 is 0 Å². The zero-order valence-electron chi connectivity index (χ0n) is 17.4. The standard InChI is InChI=1S/C25H29N3O2/c29-24-15-21(17-28(24)22-11-10-18-7-5-8-19(18)14-22)25(30)26-23-9-2-1-6-20(23)16-27-12-3-4-13-27/h1-2,6,9-11,14,21H,3-5,7-8,12-13,15-17H2,(H,26,30). The zero-order valence-corrected chi connectivity index (χ0v) is 17.4. The van der Waals surface area contributed by atoms with Gasteiger partial charge in [-0.3, -0.25) is 14.5 Å². The third-order valence-corrected chi connectivity index (χ3v) is 6.76. The summed E-state index contributed by atoms with van der Waals surface area (Å²) in [5.74, 6) is -0.329. The Morgan fingerprint density at radius 2 is 1.80 bits per heavy atom. The highest BCUT2D eigenvalue weighted by molar-refractivity contribution is 6.03. The summed E-state index contributed by atoms with van der Waals surface area (Å²) in [6, 6.07) is 14.4. The van der Waals surface area contributed by atoms with E-state index in [1.807, 2.05) is 24.3 Å². The summed E-state index contributed by atoms with van der Waals surface area (Å²) >= 11 is 0. The molecule has 1 N–H and O–H groups in total. The highest BCUT2D eigenvalue weighted by Crippen LogP contribution is 2.31. The van der Waals surface area contributed by atoms with Crippen LogP contribution in [0.5, 0.6) is 0 Å². The van der Waals surface area contributed by atoms with Crippen molar-refractivity contribution < 1.29 is 9.59 Å². The van der Waals surface area contributed by atoms with E-state index in [0.717, 1.165) is 49.4 Å². The number of nitrogens with one attached hydrogen (secondary N) is 1. The first-order chi connectivity index (χ1) is 14.7.